The van der Waals surface area contributed by atoms with Crippen molar-refractivity contribution in [1.82, 2.24) is 0 Å². The lowest BCUT2D eigenvalue weighted by Gasteiger charge is -2.11. The van der Waals surface area contributed by atoms with E-state index >= 15 is 0 Å². The van der Waals surface area contributed by atoms with Gasteiger partial charge >= 0.3 is 0 Å². The predicted molar refractivity (Wildman–Crippen MR) is 111 cm³/mol. The van der Waals surface area contributed by atoms with Crippen molar-refractivity contribution >= 4 is 22.7 Å². The zero-order valence-electron chi connectivity index (χ0n) is 16.2. The van der Waals surface area contributed by atoms with Gasteiger partial charge in [0.1, 0.15) is 23.0 Å². The van der Waals surface area contributed by atoms with E-state index < -0.39 is 46.3 Å². The van der Waals surface area contributed by atoms with Crippen molar-refractivity contribution in [2.24, 2.45) is 0 Å². The van der Waals surface area contributed by atoms with Crippen LogP contribution in [-0.4, -0.2) is 0 Å². The van der Waals surface area contributed by atoms with Gasteiger partial charge in [-0.15, -0.1) is 0 Å². The van der Waals surface area contributed by atoms with Crippen LogP contribution in [0.1, 0.15) is 0 Å². The molecule has 0 aliphatic heterocycles. The van der Waals surface area contributed by atoms with Crippen LogP contribution in [0.5, 0.6) is 0 Å². The maximum absolute atomic E-state index is 13.8. The summed E-state index contributed by atoms with van der Waals surface area (Å²) in [5.41, 5.74) is 1.38. The van der Waals surface area contributed by atoms with E-state index in [2.05, 4.69) is 10.6 Å². The molecule has 0 heterocycles. The Hall–Kier alpha value is -3.94. The van der Waals surface area contributed by atoms with E-state index in [0.717, 1.165) is 11.1 Å². The second-order valence-electron chi connectivity index (χ2n) is 6.89. The van der Waals surface area contributed by atoms with Crippen molar-refractivity contribution in [3.05, 3.63) is 108 Å². The molecule has 2 N–H and O–H groups in total. The molecule has 4 rings (SSSR count). The van der Waals surface area contributed by atoms with E-state index in [0.29, 0.717) is 35.6 Å². The van der Waals surface area contributed by atoms with Crippen LogP contribution >= 0.6 is 0 Å². The highest BCUT2D eigenvalue weighted by molar-refractivity contribution is 5.71. The zero-order valence-corrected chi connectivity index (χ0v) is 16.2. The molecule has 0 amide bonds. The summed E-state index contributed by atoms with van der Waals surface area (Å²) in [4.78, 5) is 0. The highest BCUT2D eigenvalue weighted by Gasteiger charge is 2.13. The number of nitrogens with one attached hydrogen (secondary N) is 2. The number of hydrogen-bond donors (Lipinski definition) is 2. The maximum Gasteiger partial charge on any atom is 0.152 e. The number of halogens is 6. The Labute approximate surface area is 179 Å². The first-order valence-corrected chi connectivity index (χ1v) is 9.34. The lowest BCUT2D eigenvalue weighted by molar-refractivity contribution is 0.548. The third-order valence-electron chi connectivity index (χ3n) is 4.66. The Morgan fingerprint density at radius 2 is 0.688 bits per heavy atom. The normalized spacial score (nSPS) is 10.8. The molecule has 0 saturated heterocycles. The lowest BCUT2D eigenvalue weighted by Crippen LogP contribution is -1.99. The highest BCUT2D eigenvalue weighted by Crippen LogP contribution is 2.29. The molecule has 0 atom stereocenters. The molecule has 0 unspecified atom stereocenters. The first-order valence-electron chi connectivity index (χ1n) is 9.34. The van der Waals surface area contributed by atoms with E-state index in [1.807, 2.05) is 0 Å². The number of benzene rings is 4. The van der Waals surface area contributed by atoms with Crippen molar-refractivity contribution in [2.75, 3.05) is 10.6 Å². The molecule has 0 aliphatic rings. The molecule has 0 aliphatic carbocycles. The molecule has 4 aromatic carbocycles. The Kier molecular flexibility index (Phi) is 5.77. The Bertz CT molecular complexity index is 1120. The van der Waals surface area contributed by atoms with Crippen molar-refractivity contribution in [3.8, 4) is 11.1 Å². The van der Waals surface area contributed by atoms with E-state index in [4.69, 9.17) is 0 Å². The van der Waals surface area contributed by atoms with Crippen LogP contribution < -0.4 is 10.6 Å². The third kappa shape index (κ3) is 4.54. The fourth-order valence-corrected chi connectivity index (χ4v) is 3.10. The summed E-state index contributed by atoms with van der Waals surface area (Å²) in [6, 6.07) is 15.5. The predicted octanol–water partition coefficient (Wildman–Crippen LogP) is 7.68. The molecule has 0 fully saturated rings. The number of hydrogen-bond acceptors (Lipinski definition) is 2. The van der Waals surface area contributed by atoms with Gasteiger partial charge in [0.05, 0.1) is 0 Å². The second kappa shape index (κ2) is 8.66. The molecule has 32 heavy (non-hydrogen) atoms. The first-order chi connectivity index (χ1) is 15.3. The number of rotatable bonds is 5. The van der Waals surface area contributed by atoms with Crippen LogP contribution in [0.25, 0.3) is 11.1 Å². The van der Waals surface area contributed by atoms with Gasteiger partial charge in [-0.25, -0.2) is 26.3 Å². The largest absolute Gasteiger partial charge is 0.351 e. The van der Waals surface area contributed by atoms with Crippen LogP contribution in [0.3, 0.4) is 0 Å². The van der Waals surface area contributed by atoms with Gasteiger partial charge in [-0.2, -0.15) is 0 Å². The molecule has 0 aromatic heterocycles. The summed E-state index contributed by atoms with van der Waals surface area (Å²) >= 11 is 0. The van der Waals surface area contributed by atoms with Crippen molar-refractivity contribution < 1.29 is 26.3 Å². The van der Waals surface area contributed by atoms with Gasteiger partial charge in [-0.05, 0) is 35.4 Å². The highest BCUT2D eigenvalue weighted by atomic mass is 19.2. The van der Waals surface area contributed by atoms with E-state index in [9.17, 15) is 26.3 Å². The van der Waals surface area contributed by atoms with Gasteiger partial charge < -0.3 is 10.6 Å². The van der Waals surface area contributed by atoms with Crippen LogP contribution in [0, 0.1) is 34.9 Å². The monoisotopic (exact) mass is 444 g/mol. The van der Waals surface area contributed by atoms with Gasteiger partial charge in [0.15, 0.2) is 23.3 Å². The summed E-state index contributed by atoms with van der Waals surface area (Å²) in [5.74, 6) is -6.23. The lowest BCUT2D eigenvalue weighted by atomic mass is 10.0. The molecule has 0 spiro atoms. The van der Waals surface area contributed by atoms with E-state index in [-0.39, 0.29) is 0 Å². The van der Waals surface area contributed by atoms with Gasteiger partial charge in [-0.3, -0.25) is 0 Å². The molecule has 2 nitrogen and oxygen atoms in total. The molecule has 4 aromatic rings. The Balaban J connectivity index is 1.49. The average molecular weight is 444 g/mol. The maximum atomic E-state index is 13.8. The van der Waals surface area contributed by atoms with Crippen LogP contribution in [-0.2, 0) is 0 Å². The average Bonchev–Trinajstić information content (AvgIpc) is 2.74. The topological polar surface area (TPSA) is 24.1 Å². The van der Waals surface area contributed by atoms with Gasteiger partial charge in [0, 0.05) is 35.6 Å². The molecule has 0 saturated carbocycles. The van der Waals surface area contributed by atoms with E-state index in [1.54, 1.807) is 48.5 Å². The van der Waals surface area contributed by atoms with Gasteiger partial charge in [0.25, 0.3) is 0 Å². The van der Waals surface area contributed by atoms with E-state index in [1.165, 1.54) is 0 Å². The van der Waals surface area contributed by atoms with Gasteiger partial charge in [0.2, 0.25) is 0 Å². The summed E-state index contributed by atoms with van der Waals surface area (Å²) < 4.78 is 81.2. The fourth-order valence-electron chi connectivity index (χ4n) is 3.10. The summed E-state index contributed by atoms with van der Waals surface area (Å²) in [6.45, 7) is 0. The first kappa shape index (κ1) is 21.3. The summed E-state index contributed by atoms with van der Waals surface area (Å²) in [6.07, 6.45) is 0. The Morgan fingerprint density at radius 1 is 0.406 bits per heavy atom. The minimum atomic E-state index is -1.05. The van der Waals surface area contributed by atoms with Crippen molar-refractivity contribution in [1.29, 1.82) is 0 Å². The second-order valence-corrected chi connectivity index (χ2v) is 6.89. The van der Waals surface area contributed by atoms with Gasteiger partial charge in [-0.1, -0.05) is 24.3 Å². The minimum absolute atomic E-state index is 0.388. The molecule has 8 heteroatoms. The smallest absolute Gasteiger partial charge is 0.152 e. The molecule has 162 valence electrons. The third-order valence-corrected chi connectivity index (χ3v) is 4.66. The molecule has 0 radical (unpaired) electrons. The van der Waals surface area contributed by atoms with Crippen LogP contribution in [0.2, 0.25) is 0 Å². The van der Waals surface area contributed by atoms with Crippen LogP contribution in [0.15, 0.2) is 72.8 Å². The van der Waals surface area contributed by atoms with Crippen LogP contribution in [0.4, 0.5) is 49.1 Å². The molecular weight excluding hydrogens is 430 g/mol. The fraction of sp³-hybridized carbons (Fsp3) is 0. The SMILES string of the molecule is Fc1cc(F)c(Nc2ccc(-c3ccc(Nc4c(F)cc(F)cc4F)cc3)cc2)c(F)c1. The zero-order chi connectivity index (χ0) is 22.8. The Morgan fingerprint density at radius 3 is 0.969 bits per heavy atom. The molecule has 0 bridgehead atoms. The number of anilines is 4. The summed E-state index contributed by atoms with van der Waals surface area (Å²) in [5, 5.41) is 5.15. The van der Waals surface area contributed by atoms with Crippen molar-refractivity contribution in [3.63, 3.8) is 0 Å². The quantitative estimate of drug-likeness (QED) is 0.309. The summed E-state index contributed by atoms with van der Waals surface area (Å²) in [7, 11) is 0. The minimum Gasteiger partial charge on any atom is -0.351 e. The standard InChI is InChI=1S/C24H14F6N2/c25-15-9-19(27)23(20(28)10-15)31-17-5-1-13(2-6-17)14-3-7-18(8-4-14)32-24-21(29)11-16(26)12-22(24)30/h1-12,31-32H. The van der Waals surface area contributed by atoms with Crippen molar-refractivity contribution in [2.45, 2.75) is 0 Å². The molecular formula is C24H14F6N2.